The van der Waals surface area contributed by atoms with Crippen molar-refractivity contribution in [2.75, 3.05) is 6.61 Å². The smallest absolute Gasteiger partial charge is 0.0722 e. The molecule has 6 rings (SSSR count). The van der Waals surface area contributed by atoms with Gasteiger partial charge in [0, 0.05) is 6.61 Å². The molecule has 1 nitrogen and oxygen atoms in total. The van der Waals surface area contributed by atoms with E-state index in [1.54, 1.807) is 0 Å². The summed E-state index contributed by atoms with van der Waals surface area (Å²) >= 11 is 0. The molecule has 0 unspecified atom stereocenters. The minimum Gasteiger partial charge on any atom is -0.377 e. The van der Waals surface area contributed by atoms with E-state index in [9.17, 15) is 0 Å². The zero-order valence-electron chi connectivity index (χ0n) is 22.3. The highest BCUT2D eigenvalue weighted by Gasteiger charge is 2.22. The van der Waals surface area contributed by atoms with Crippen LogP contribution in [0.1, 0.15) is 23.6 Å². The molecule has 0 spiro atoms. The Morgan fingerprint density at radius 3 is 1.76 bits per heavy atom. The van der Waals surface area contributed by atoms with Crippen molar-refractivity contribution in [2.45, 2.75) is 27.4 Å². The number of fused-ring (bicyclic) bond motifs is 2. The second-order valence-corrected chi connectivity index (χ2v) is 10.0. The lowest BCUT2D eigenvalue weighted by Crippen LogP contribution is -2.00. The Kier molecular flexibility index (Phi) is 6.54. The van der Waals surface area contributed by atoms with Gasteiger partial charge in [-0.15, -0.1) is 0 Å². The van der Waals surface area contributed by atoms with Gasteiger partial charge in [0.25, 0.3) is 0 Å². The number of hydrogen-bond acceptors (Lipinski definition) is 1. The Morgan fingerprint density at radius 2 is 1.08 bits per heavy atom. The van der Waals surface area contributed by atoms with Crippen LogP contribution in [0.4, 0.5) is 0 Å². The summed E-state index contributed by atoms with van der Waals surface area (Å²) < 4.78 is 5.97. The van der Waals surface area contributed by atoms with Gasteiger partial charge < -0.3 is 4.74 Å². The fraction of sp³-hybridized carbons (Fsp3) is 0.135. The van der Waals surface area contributed by atoms with Crippen LogP contribution in [0.3, 0.4) is 0 Å². The van der Waals surface area contributed by atoms with Crippen molar-refractivity contribution in [1.82, 2.24) is 0 Å². The van der Waals surface area contributed by atoms with Crippen molar-refractivity contribution in [2.24, 2.45) is 0 Å². The van der Waals surface area contributed by atoms with Gasteiger partial charge in [0.15, 0.2) is 0 Å². The zero-order chi connectivity index (χ0) is 26.1. The summed E-state index contributed by atoms with van der Waals surface area (Å²) in [4.78, 5) is 0. The van der Waals surface area contributed by atoms with Gasteiger partial charge >= 0.3 is 0 Å². The van der Waals surface area contributed by atoms with Gasteiger partial charge in [-0.3, -0.25) is 0 Å². The Labute approximate surface area is 225 Å². The summed E-state index contributed by atoms with van der Waals surface area (Å²) in [6.45, 7) is 7.76. The van der Waals surface area contributed by atoms with Crippen LogP contribution >= 0.6 is 0 Å². The fourth-order valence-corrected chi connectivity index (χ4v) is 5.69. The van der Waals surface area contributed by atoms with Crippen LogP contribution in [-0.4, -0.2) is 6.61 Å². The fourth-order valence-electron chi connectivity index (χ4n) is 5.69. The molecule has 0 aromatic heterocycles. The average Bonchev–Trinajstić information content (AvgIpc) is 2.95. The van der Waals surface area contributed by atoms with Crippen molar-refractivity contribution in [3.8, 4) is 33.4 Å². The number of rotatable bonds is 6. The van der Waals surface area contributed by atoms with Crippen LogP contribution in [0.15, 0.2) is 115 Å². The van der Waals surface area contributed by atoms with Crippen LogP contribution < -0.4 is 0 Å². The Balaban J connectivity index is 1.84. The first kappa shape index (κ1) is 24.2. The van der Waals surface area contributed by atoms with Crippen LogP contribution in [0.2, 0.25) is 0 Å². The van der Waals surface area contributed by atoms with Crippen molar-refractivity contribution in [1.29, 1.82) is 0 Å². The third kappa shape index (κ3) is 4.30. The van der Waals surface area contributed by atoms with E-state index in [0.717, 1.165) is 0 Å². The molecule has 186 valence electrons. The highest BCUT2D eigenvalue weighted by molar-refractivity contribution is 6.14. The highest BCUT2D eigenvalue weighted by Crippen LogP contribution is 2.47. The molecular formula is C37H32O. The Bertz CT molecular complexity index is 1780. The normalized spacial score (nSPS) is 11.3. The van der Waals surface area contributed by atoms with Crippen LogP contribution in [0, 0.1) is 13.8 Å². The lowest BCUT2D eigenvalue weighted by atomic mass is 9.80. The molecule has 0 saturated carbocycles. The molecular weight excluding hydrogens is 460 g/mol. The number of aryl methyl sites for hydroxylation is 2. The molecule has 0 fully saturated rings. The summed E-state index contributed by atoms with van der Waals surface area (Å²) in [6.07, 6.45) is 0. The molecule has 0 saturated heterocycles. The number of ether oxygens (including phenoxy) is 1. The van der Waals surface area contributed by atoms with Crippen LogP contribution in [0.25, 0.3) is 54.9 Å². The van der Waals surface area contributed by atoms with Crippen molar-refractivity contribution >= 4 is 21.5 Å². The monoisotopic (exact) mass is 492 g/mol. The van der Waals surface area contributed by atoms with E-state index in [1.807, 2.05) is 0 Å². The predicted molar refractivity (Wildman–Crippen MR) is 163 cm³/mol. The molecule has 38 heavy (non-hydrogen) atoms. The topological polar surface area (TPSA) is 9.23 Å². The standard InChI is InChI=1S/C37H32O/c1-4-38-24-29-17-9-12-20-33(29)37-34-22-28-16-8-7-15-27(28)21-30(34)23-35(31-18-10-5-13-25(31)2)36(37)32-19-11-6-14-26(32)3/h5-23H,4,24H2,1-3H3. The molecule has 6 aromatic rings. The molecule has 0 bridgehead atoms. The molecule has 0 aliphatic rings. The van der Waals surface area contributed by atoms with E-state index < -0.39 is 0 Å². The quantitative estimate of drug-likeness (QED) is 0.210. The van der Waals surface area contributed by atoms with E-state index in [1.165, 1.54) is 71.6 Å². The molecule has 0 N–H and O–H groups in total. The molecule has 0 aliphatic carbocycles. The maximum absolute atomic E-state index is 5.97. The first-order chi connectivity index (χ1) is 18.7. The van der Waals surface area contributed by atoms with Crippen LogP contribution in [0.5, 0.6) is 0 Å². The molecule has 0 radical (unpaired) electrons. The highest BCUT2D eigenvalue weighted by atomic mass is 16.5. The molecule has 0 atom stereocenters. The first-order valence-corrected chi connectivity index (χ1v) is 13.4. The maximum atomic E-state index is 5.97. The Morgan fingerprint density at radius 1 is 0.500 bits per heavy atom. The largest absolute Gasteiger partial charge is 0.377 e. The SMILES string of the molecule is CCOCc1ccccc1-c1c(-c2ccccc2C)c(-c2ccccc2C)cc2cc3ccccc3cc12. The van der Waals surface area contributed by atoms with Gasteiger partial charge in [0.05, 0.1) is 6.61 Å². The summed E-state index contributed by atoms with van der Waals surface area (Å²) in [5, 5.41) is 5.03. The second kappa shape index (κ2) is 10.3. The molecule has 0 amide bonds. The third-order valence-corrected chi connectivity index (χ3v) is 7.60. The molecule has 1 heteroatoms. The van der Waals surface area contributed by atoms with Crippen molar-refractivity contribution in [3.05, 3.63) is 132 Å². The van der Waals surface area contributed by atoms with Crippen LogP contribution in [-0.2, 0) is 11.3 Å². The third-order valence-electron chi connectivity index (χ3n) is 7.60. The lowest BCUT2D eigenvalue weighted by Gasteiger charge is -2.23. The van der Waals surface area contributed by atoms with E-state index in [4.69, 9.17) is 4.74 Å². The molecule has 6 aromatic carbocycles. The Hall–Kier alpha value is -4.20. The van der Waals surface area contributed by atoms with Gasteiger partial charge in [-0.05, 0) is 111 Å². The van der Waals surface area contributed by atoms with E-state index in [-0.39, 0.29) is 0 Å². The lowest BCUT2D eigenvalue weighted by molar-refractivity contribution is 0.134. The summed E-state index contributed by atoms with van der Waals surface area (Å²) in [7, 11) is 0. The molecule has 0 aliphatic heterocycles. The van der Waals surface area contributed by atoms with Gasteiger partial charge in [-0.1, -0.05) is 97.1 Å². The van der Waals surface area contributed by atoms with Gasteiger partial charge in [0.2, 0.25) is 0 Å². The second-order valence-electron chi connectivity index (χ2n) is 10.0. The first-order valence-electron chi connectivity index (χ1n) is 13.4. The van der Waals surface area contributed by atoms with Crippen molar-refractivity contribution < 1.29 is 4.74 Å². The van der Waals surface area contributed by atoms with Crippen molar-refractivity contribution in [3.63, 3.8) is 0 Å². The van der Waals surface area contributed by atoms with Gasteiger partial charge in [-0.2, -0.15) is 0 Å². The maximum Gasteiger partial charge on any atom is 0.0722 e. The predicted octanol–water partition coefficient (Wildman–Crippen LogP) is 10.1. The van der Waals surface area contributed by atoms with E-state index in [2.05, 4.69) is 136 Å². The number of hydrogen-bond donors (Lipinski definition) is 0. The van der Waals surface area contributed by atoms with E-state index in [0.29, 0.717) is 13.2 Å². The summed E-state index contributed by atoms with van der Waals surface area (Å²) in [5.74, 6) is 0. The number of benzene rings is 6. The summed E-state index contributed by atoms with van der Waals surface area (Å²) in [5.41, 5.74) is 11.3. The van der Waals surface area contributed by atoms with E-state index >= 15 is 0 Å². The van der Waals surface area contributed by atoms with Gasteiger partial charge in [0.1, 0.15) is 0 Å². The molecule has 0 heterocycles. The minimum absolute atomic E-state index is 0.587. The zero-order valence-corrected chi connectivity index (χ0v) is 22.3. The van der Waals surface area contributed by atoms with Gasteiger partial charge in [-0.25, -0.2) is 0 Å². The average molecular weight is 493 g/mol. The summed E-state index contributed by atoms with van der Waals surface area (Å²) in [6, 6.07) is 42.1. The minimum atomic E-state index is 0.587.